The van der Waals surface area contributed by atoms with Gasteiger partial charge in [0.1, 0.15) is 18.2 Å². The summed E-state index contributed by atoms with van der Waals surface area (Å²) in [6.07, 6.45) is 3.95. The molecule has 3 heterocycles. The number of ether oxygens (including phenoxy) is 2. The summed E-state index contributed by atoms with van der Waals surface area (Å²) in [5.41, 5.74) is 4.10. The highest BCUT2D eigenvalue weighted by molar-refractivity contribution is 7.11. The highest BCUT2D eigenvalue weighted by Gasteiger charge is 2.33. The maximum absolute atomic E-state index is 12.9. The zero-order valence-corrected chi connectivity index (χ0v) is 17.7. The van der Waals surface area contributed by atoms with E-state index < -0.39 is 0 Å². The molecule has 0 saturated carbocycles. The van der Waals surface area contributed by atoms with Crippen molar-refractivity contribution in [2.75, 3.05) is 13.3 Å². The Labute approximate surface area is 180 Å². The molecule has 30 heavy (non-hydrogen) atoms. The predicted octanol–water partition coefficient (Wildman–Crippen LogP) is 5.46. The summed E-state index contributed by atoms with van der Waals surface area (Å²) in [6.45, 7) is 4.26. The minimum atomic E-state index is -0.0539. The number of ketones is 1. The second-order valence-corrected chi connectivity index (χ2v) is 8.69. The van der Waals surface area contributed by atoms with Gasteiger partial charge in [-0.1, -0.05) is 30.3 Å². The van der Waals surface area contributed by atoms with E-state index in [2.05, 4.69) is 29.2 Å². The number of carbonyl (C=O) groups is 1. The number of rotatable bonds is 5. The molecule has 0 spiro atoms. The van der Waals surface area contributed by atoms with E-state index >= 15 is 0 Å². The van der Waals surface area contributed by atoms with Crippen LogP contribution in [0.4, 0.5) is 0 Å². The molecule has 5 heteroatoms. The fourth-order valence-corrected chi connectivity index (χ4v) is 4.80. The first-order valence-corrected chi connectivity index (χ1v) is 11.1. The SMILES string of the molecule is Cc1ccsc1/C=C1\Oc2c(ccc3c2CN(CCCc2ccccc2)CO3)C1=O. The topological polar surface area (TPSA) is 38.8 Å². The van der Waals surface area contributed by atoms with Crippen LogP contribution in [0.25, 0.3) is 6.08 Å². The average Bonchev–Trinajstić information content (AvgIpc) is 3.32. The van der Waals surface area contributed by atoms with Gasteiger partial charge in [-0.2, -0.15) is 0 Å². The first-order chi connectivity index (χ1) is 14.7. The Bertz CT molecular complexity index is 1120. The summed E-state index contributed by atoms with van der Waals surface area (Å²) in [6, 6.07) is 16.3. The Balaban J connectivity index is 1.32. The summed E-state index contributed by atoms with van der Waals surface area (Å²) in [7, 11) is 0. The molecular formula is C25H23NO3S. The number of carbonyl (C=O) groups excluding carboxylic acids is 1. The summed E-state index contributed by atoms with van der Waals surface area (Å²) < 4.78 is 12.1. The molecule has 0 amide bonds. The van der Waals surface area contributed by atoms with E-state index in [9.17, 15) is 4.79 Å². The minimum absolute atomic E-state index is 0.0539. The lowest BCUT2D eigenvalue weighted by Gasteiger charge is -2.29. The molecule has 152 valence electrons. The molecule has 0 radical (unpaired) electrons. The molecule has 0 bridgehead atoms. The van der Waals surface area contributed by atoms with E-state index in [-0.39, 0.29) is 5.78 Å². The van der Waals surface area contributed by atoms with E-state index in [0.29, 0.717) is 23.8 Å². The smallest absolute Gasteiger partial charge is 0.232 e. The van der Waals surface area contributed by atoms with Crippen molar-refractivity contribution in [2.24, 2.45) is 0 Å². The van der Waals surface area contributed by atoms with Crippen LogP contribution in [0.2, 0.25) is 0 Å². The van der Waals surface area contributed by atoms with Crippen molar-refractivity contribution in [1.82, 2.24) is 4.90 Å². The number of thiophene rings is 1. The zero-order valence-electron chi connectivity index (χ0n) is 16.9. The van der Waals surface area contributed by atoms with Crippen LogP contribution < -0.4 is 9.47 Å². The molecule has 0 unspecified atom stereocenters. The van der Waals surface area contributed by atoms with Gasteiger partial charge in [-0.25, -0.2) is 0 Å². The number of fused-ring (bicyclic) bond motifs is 3. The molecule has 2 aliphatic heterocycles. The van der Waals surface area contributed by atoms with E-state index in [4.69, 9.17) is 9.47 Å². The zero-order chi connectivity index (χ0) is 20.5. The predicted molar refractivity (Wildman–Crippen MR) is 119 cm³/mol. The van der Waals surface area contributed by atoms with Crippen LogP contribution in [-0.4, -0.2) is 24.0 Å². The molecule has 0 saturated heterocycles. The number of allylic oxidation sites excluding steroid dienone is 1. The molecule has 2 aromatic carbocycles. The minimum Gasteiger partial charge on any atom is -0.478 e. The van der Waals surface area contributed by atoms with Crippen LogP contribution in [0.5, 0.6) is 11.5 Å². The van der Waals surface area contributed by atoms with Gasteiger partial charge in [0.05, 0.1) is 11.1 Å². The number of benzene rings is 2. The maximum Gasteiger partial charge on any atom is 0.232 e. The van der Waals surface area contributed by atoms with Crippen molar-refractivity contribution in [3.8, 4) is 11.5 Å². The van der Waals surface area contributed by atoms with Gasteiger partial charge in [0, 0.05) is 24.0 Å². The first kappa shape index (κ1) is 19.1. The number of hydrogen-bond acceptors (Lipinski definition) is 5. The molecule has 0 atom stereocenters. The molecule has 1 aromatic heterocycles. The molecule has 0 fully saturated rings. The van der Waals surface area contributed by atoms with Crippen molar-refractivity contribution < 1.29 is 14.3 Å². The van der Waals surface area contributed by atoms with E-state index in [1.54, 1.807) is 11.3 Å². The number of aryl methyl sites for hydroxylation is 2. The van der Waals surface area contributed by atoms with Crippen LogP contribution in [0, 0.1) is 6.92 Å². The van der Waals surface area contributed by atoms with Gasteiger partial charge in [0.2, 0.25) is 5.78 Å². The first-order valence-electron chi connectivity index (χ1n) is 10.2. The van der Waals surface area contributed by atoms with Crippen molar-refractivity contribution >= 4 is 23.2 Å². The molecule has 0 N–H and O–H groups in total. The van der Waals surface area contributed by atoms with Crippen LogP contribution in [0.1, 0.15) is 38.3 Å². The maximum atomic E-state index is 12.9. The monoisotopic (exact) mass is 417 g/mol. The second kappa shape index (κ2) is 8.09. The number of nitrogens with zero attached hydrogens (tertiary/aromatic N) is 1. The Morgan fingerprint density at radius 2 is 2.00 bits per heavy atom. The summed E-state index contributed by atoms with van der Waals surface area (Å²) in [4.78, 5) is 16.2. The molecule has 0 aliphatic carbocycles. The molecular weight excluding hydrogens is 394 g/mol. The van der Waals surface area contributed by atoms with Gasteiger partial charge in [-0.05, 0) is 54.5 Å². The van der Waals surface area contributed by atoms with Crippen LogP contribution in [0.3, 0.4) is 0 Å². The van der Waals surface area contributed by atoms with Gasteiger partial charge >= 0.3 is 0 Å². The quantitative estimate of drug-likeness (QED) is 0.517. The Morgan fingerprint density at radius 1 is 1.13 bits per heavy atom. The second-order valence-electron chi connectivity index (χ2n) is 7.74. The van der Waals surface area contributed by atoms with Crippen LogP contribution in [0.15, 0.2) is 59.7 Å². The number of Topliss-reactive ketones (excluding diaryl/α,β-unsaturated/α-hetero) is 1. The highest BCUT2D eigenvalue weighted by atomic mass is 32.1. The molecule has 5 rings (SSSR count). The summed E-state index contributed by atoms with van der Waals surface area (Å²) >= 11 is 1.61. The lowest BCUT2D eigenvalue weighted by atomic mass is 10.0. The summed E-state index contributed by atoms with van der Waals surface area (Å²) in [5.74, 6) is 1.81. The van der Waals surface area contributed by atoms with Gasteiger partial charge in [-0.15, -0.1) is 11.3 Å². The van der Waals surface area contributed by atoms with Gasteiger partial charge in [0.15, 0.2) is 5.76 Å². The Kier molecular flexibility index (Phi) is 5.15. The standard InChI is InChI=1S/C25H23NO3S/c1-17-11-13-30-23(17)14-22-24(27)19-9-10-21-20(25(19)29-22)15-26(16-28-21)12-5-8-18-6-3-2-4-7-18/h2-4,6-7,9-11,13-14H,5,8,12,15-16H2,1H3/b22-14-. The third-order valence-corrected chi connectivity index (χ3v) is 6.59. The Morgan fingerprint density at radius 3 is 2.80 bits per heavy atom. The average molecular weight is 418 g/mol. The molecule has 4 nitrogen and oxygen atoms in total. The van der Waals surface area contributed by atoms with Crippen molar-refractivity contribution in [3.63, 3.8) is 0 Å². The fraction of sp³-hybridized carbons (Fsp3) is 0.240. The molecule has 3 aromatic rings. The van der Waals surface area contributed by atoms with Gasteiger partial charge < -0.3 is 9.47 Å². The van der Waals surface area contributed by atoms with Crippen LogP contribution >= 0.6 is 11.3 Å². The number of hydrogen-bond donors (Lipinski definition) is 0. The third kappa shape index (κ3) is 3.66. The normalized spacial score (nSPS) is 16.8. The lowest BCUT2D eigenvalue weighted by molar-refractivity contribution is 0.0928. The van der Waals surface area contributed by atoms with Gasteiger partial charge in [-0.3, -0.25) is 9.69 Å². The Hall–Kier alpha value is -2.89. The van der Waals surface area contributed by atoms with Gasteiger partial charge in [0.25, 0.3) is 0 Å². The van der Waals surface area contributed by atoms with E-state index in [1.165, 1.54) is 5.56 Å². The fourth-order valence-electron chi connectivity index (χ4n) is 3.95. The third-order valence-electron chi connectivity index (χ3n) is 5.63. The van der Waals surface area contributed by atoms with Crippen molar-refractivity contribution in [3.05, 3.63) is 86.8 Å². The van der Waals surface area contributed by atoms with Crippen molar-refractivity contribution in [2.45, 2.75) is 26.3 Å². The van der Waals surface area contributed by atoms with Crippen LogP contribution in [-0.2, 0) is 13.0 Å². The van der Waals surface area contributed by atoms with E-state index in [1.807, 2.05) is 42.6 Å². The largest absolute Gasteiger partial charge is 0.478 e. The lowest BCUT2D eigenvalue weighted by Crippen LogP contribution is -2.33. The van der Waals surface area contributed by atoms with E-state index in [0.717, 1.165) is 47.7 Å². The summed E-state index contributed by atoms with van der Waals surface area (Å²) in [5, 5.41) is 2.03. The molecule has 2 aliphatic rings. The highest BCUT2D eigenvalue weighted by Crippen LogP contribution is 2.42. The van der Waals surface area contributed by atoms with Crippen molar-refractivity contribution in [1.29, 1.82) is 0 Å².